The number of ether oxygens (including phenoxy) is 2. The highest BCUT2D eigenvalue weighted by Gasteiger charge is 2.18. The van der Waals surface area contributed by atoms with E-state index < -0.39 is 0 Å². The van der Waals surface area contributed by atoms with Gasteiger partial charge in [-0.1, -0.05) is 12.1 Å². The van der Waals surface area contributed by atoms with Gasteiger partial charge in [0, 0.05) is 14.2 Å². The van der Waals surface area contributed by atoms with E-state index in [2.05, 4.69) is 17.2 Å². The third kappa shape index (κ3) is 2.78. The molecule has 0 bridgehead atoms. The molecule has 0 aliphatic rings. The van der Waals surface area contributed by atoms with Crippen molar-refractivity contribution in [2.24, 2.45) is 0 Å². The van der Waals surface area contributed by atoms with Gasteiger partial charge in [-0.15, -0.1) is 5.10 Å². The minimum absolute atomic E-state index is 0.123. The van der Waals surface area contributed by atoms with E-state index >= 15 is 0 Å². The van der Waals surface area contributed by atoms with Crippen LogP contribution in [0.5, 0.6) is 0 Å². The fourth-order valence-corrected chi connectivity index (χ4v) is 1.60. The minimum Gasteiger partial charge on any atom is -0.390 e. The van der Waals surface area contributed by atoms with Gasteiger partial charge in [0.25, 0.3) is 0 Å². The molecule has 0 aliphatic heterocycles. The monoisotopic (exact) mass is 229 g/mol. The van der Waals surface area contributed by atoms with E-state index in [1.54, 1.807) is 18.9 Å². The van der Waals surface area contributed by atoms with Crippen molar-refractivity contribution in [3.63, 3.8) is 0 Å². The number of aromatic nitrogens is 3. The van der Waals surface area contributed by atoms with Gasteiger partial charge in [-0.3, -0.25) is 0 Å². The first-order valence-corrected chi connectivity index (χ1v) is 5.30. The number of hydrogen-bond acceptors (Lipinski definition) is 5. The Balaban J connectivity index is 2.96. The first-order chi connectivity index (χ1) is 7.78. The summed E-state index contributed by atoms with van der Waals surface area (Å²) in [4.78, 5) is 0. The summed E-state index contributed by atoms with van der Waals surface area (Å²) in [7, 11) is 3.26. The molecular weight excluding hydrogens is 210 g/mol. The molecule has 0 saturated carbocycles. The first kappa shape index (κ1) is 13.1. The number of hydrogen-bond donors (Lipinski definition) is 1. The van der Waals surface area contributed by atoms with E-state index in [4.69, 9.17) is 14.6 Å². The molecule has 1 rings (SSSR count). The number of aliphatic hydroxyl groups is 1. The van der Waals surface area contributed by atoms with Crippen LogP contribution in [-0.4, -0.2) is 40.9 Å². The van der Waals surface area contributed by atoms with Crippen LogP contribution >= 0.6 is 0 Å². The van der Waals surface area contributed by atoms with Gasteiger partial charge in [0.1, 0.15) is 5.69 Å². The Morgan fingerprint density at radius 2 is 2.12 bits per heavy atom. The number of methoxy groups -OCH3 is 2. The molecule has 0 saturated heterocycles. The Kier molecular flexibility index (Phi) is 5.37. The summed E-state index contributed by atoms with van der Waals surface area (Å²) in [5.74, 6) is 0. The lowest BCUT2D eigenvalue weighted by Gasteiger charge is -2.16. The van der Waals surface area contributed by atoms with E-state index in [1.807, 2.05) is 0 Å². The van der Waals surface area contributed by atoms with E-state index in [9.17, 15) is 0 Å². The van der Waals surface area contributed by atoms with E-state index in [0.717, 1.165) is 12.1 Å². The van der Waals surface area contributed by atoms with E-state index in [-0.39, 0.29) is 12.6 Å². The van der Waals surface area contributed by atoms with Crippen molar-refractivity contribution in [2.45, 2.75) is 32.6 Å². The highest BCUT2D eigenvalue weighted by atomic mass is 16.5. The number of rotatable bonds is 7. The van der Waals surface area contributed by atoms with Crippen LogP contribution in [0.15, 0.2) is 0 Å². The third-order valence-corrected chi connectivity index (χ3v) is 2.48. The van der Waals surface area contributed by atoms with Crippen LogP contribution in [0.4, 0.5) is 0 Å². The molecule has 1 N–H and O–H groups in total. The van der Waals surface area contributed by atoms with Gasteiger partial charge in [-0.05, 0) is 6.42 Å². The maximum Gasteiger partial charge on any atom is 0.114 e. The standard InChI is InChI=1S/C10H19N3O3/c1-4-8(6-15-2)13-10(7-16-3)9(5-14)11-12-13/h8,14H,4-7H2,1-3H3. The van der Waals surface area contributed by atoms with Crippen LogP contribution in [0.1, 0.15) is 30.8 Å². The average molecular weight is 229 g/mol. The molecular formula is C10H19N3O3. The third-order valence-electron chi connectivity index (χ3n) is 2.48. The van der Waals surface area contributed by atoms with Crippen LogP contribution < -0.4 is 0 Å². The minimum atomic E-state index is -0.123. The molecule has 92 valence electrons. The van der Waals surface area contributed by atoms with Crippen molar-refractivity contribution in [1.29, 1.82) is 0 Å². The zero-order chi connectivity index (χ0) is 12.0. The molecule has 1 aromatic rings. The predicted octanol–water partition coefficient (Wildman–Crippen LogP) is 0.514. The largest absolute Gasteiger partial charge is 0.390 e. The van der Waals surface area contributed by atoms with Gasteiger partial charge in [-0.25, -0.2) is 4.68 Å². The Bertz CT molecular complexity index is 314. The van der Waals surface area contributed by atoms with Crippen molar-refractivity contribution >= 4 is 0 Å². The molecule has 6 nitrogen and oxygen atoms in total. The topological polar surface area (TPSA) is 69.4 Å². The lowest BCUT2D eigenvalue weighted by Crippen LogP contribution is -2.18. The summed E-state index contributed by atoms with van der Waals surface area (Å²) in [6.45, 7) is 2.90. The molecule has 1 atom stereocenters. The molecule has 0 aromatic carbocycles. The summed E-state index contributed by atoms with van der Waals surface area (Å²) in [5, 5.41) is 17.1. The maximum atomic E-state index is 9.14. The predicted molar refractivity (Wildman–Crippen MR) is 57.9 cm³/mol. The van der Waals surface area contributed by atoms with Crippen LogP contribution in [0, 0.1) is 0 Å². The van der Waals surface area contributed by atoms with Crippen LogP contribution in [0.2, 0.25) is 0 Å². The van der Waals surface area contributed by atoms with Gasteiger partial charge >= 0.3 is 0 Å². The van der Waals surface area contributed by atoms with Crippen LogP contribution in [0.3, 0.4) is 0 Å². The van der Waals surface area contributed by atoms with Crippen LogP contribution in [-0.2, 0) is 22.7 Å². The molecule has 1 heterocycles. The highest BCUT2D eigenvalue weighted by molar-refractivity contribution is 5.08. The van der Waals surface area contributed by atoms with Gasteiger partial charge in [0.2, 0.25) is 0 Å². The van der Waals surface area contributed by atoms with Crippen molar-refractivity contribution in [1.82, 2.24) is 15.0 Å². The average Bonchev–Trinajstić information content (AvgIpc) is 2.69. The Labute approximate surface area is 95.2 Å². The zero-order valence-electron chi connectivity index (χ0n) is 10.0. The van der Waals surface area contributed by atoms with E-state index in [1.165, 1.54) is 0 Å². The molecule has 0 fully saturated rings. The second-order valence-electron chi connectivity index (χ2n) is 3.54. The quantitative estimate of drug-likeness (QED) is 0.738. The second-order valence-corrected chi connectivity index (χ2v) is 3.54. The Hall–Kier alpha value is -0.980. The Morgan fingerprint density at radius 1 is 1.38 bits per heavy atom. The van der Waals surface area contributed by atoms with Gasteiger partial charge in [-0.2, -0.15) is 0 Å². The normalized spacial score (nSPS) is 13.0. The molecule has 16 heavy (non-hydrogen) atoms. The van der Waals surface area contributed by atoms with Crippen molar-refractivity contribution in [3.8, 4) is 0 Å². The summed E-state index contributed by atoms with van der Waals surface area (Å²) < 4.78 is 12.0. The lowest BCUT2D eigenvalue weighted by molar-refractivity contribution is 0.133. The fourth-order valence-electron chi connectivity index (χ4n) is 1.60. The van der Waals surface area contributed by atoms with Gasteiger partial charge in [0.15, 0.2) is 0 Å². The summed E-state index contributed by atoms with van der Waals surface area (Å²) in [6, 6.07) is 0.128. The fraction of sp³-hybridized carbons (Fsp3) is 0.800. The van der Waals surface area contributed by atoms with Crippen LogP contribution in [0.25, 0.3) is 0 Å². The van der Waals surface area contributed by atoms with Gasteiger partial charge in [0.05, 0.1) is 31.6 Å². The molecule has 1 aromatic heterocycles. The second kappa shape index (κ2) is 6.57. The lowest BCUT2D eigenvalue weighted by atomic mass is 10.2. The van der Waals surface area contributed by atoms with E-state index in [0.29, 0.717) is 18.9 Å². The van der Waals surface area contributed by atoms with Crippen molar-refractivity contribution in [3.05, 3.63) is 11.4 Å². The molecule has 1 unspecified atom stereocenters. The number of aliphatic hydroxyl groups excluding tert-OH is 1. The first-order valence-electron chi connectivity index (χ1n) is 5.30. The Morgan fingerprint density at radius 3 is 2.62 bits per heavy atom. The summed E-state index contributed by atoms with van der Waals surface area (Å²) in [6.07, 6.45) is 0.888. The SMILES string of the molecule is CCC(COC)n1nnc(CO)c1COC. The zero-order valence-corrected chi connectivity index (χ0v) is 10.0. The molecule has 0 aliphatic carbocycles. The molecule has 0 amide bonds. The number of nitrogens with zero attached hydrogens (tertiary/aromatic N) is 3. The van der Waals surface area contributed by atoms with Crippen molar-refractivity contribution < 1.29 is 14.6 Å². The maximum absolute atomic E-state index is 9.14. The molecule has 6 heteroatoms. The highest BCUT2D eigenvalue weighted by Crippen LogP contribution is 2.16. The van der Waals surface area contributed by atoms with Crippen molar-refractivity contribution in [2.75, 3.05) is 20.8 Å². The van der Waals surface area contributed by atoms with Gasteiger partial charge < -0.3 is 14.6 Å². The smallest absolute Gasteiger partial charge is 0.114 e. The molecule has 0 spiro atoms. The summed E-state index contributed by atoms with van der Waals surface area (Å²) in [5.41, 5.74) is 1.38. The summed E-state index contributed by atoms with van der Waals surface area (Å²) >= 11 is 0. The molecule has 0 radical (unpaired) electrons.